The number of nitro benzene ring substituents is 1. The second-order valence-corrected chi connectivity index (χ2v) is 15.5. The maximum atomic E-state index is 15.4. The van der Waals surface area contributed by atoms with Crippen LogP contribution in [-0.2, 0) is 30.8 Å². The van der Waals surface area contributed by atoms with E-state index in [1.54, 1.807) is 18.2 Å². The van der Waals surface area contributed by atoms with Gasteiger partial charge in [-0.1, -0.05) is 58.6 Å². The van der Waals surface area contributed by atoms with Gasteiger partial charge in [-0.25, -0.2) is 4.98 Å². The van der Waals surface area contributed by atoms with Crippen molar-refractivity contribution >= 4 is 75.6 Å². The van der Waals surface area contributed by atoms with Crippen molar-refractivity contribution in [1.82, 2.24) is 9.99 Å². The van der Waals surface area contributed by atoms with Crippen LogP contribution >= 0.6 is 34.8 Å². The van der Waals surface area contributed by atoms with Crippen LogP contribution in [0, 0.1) is 33.8 Å². The van der Waals surface area contributed by atoms with E-state index < -0.39 is 91.9 Å². The number of aromatic nitrogens is 1. The molecule has 1 aromatic heterocycles. The third-order valence-corrected chi connectivity index (χ3v) is 12.3. The number of nitrogens with one attached hydrogen (secondary N) is 1. The van der Waals surface area contributed by atoms with E-state index in [4.69, 9.17) is 39.5 Å². The number of aromatic hydroxyl groups is 1. The molecule has 3 heterocycles. The van der Waals surface area contributed by atoms with E-state index in [9.17, 15) is 42.8 Å². The molecule has 3 fully saturated rings. The number of benzene rings is 3. The van der Waals surface area contributed by atoms with Crippen molar-refractivity contribution in [3.8, 4) is 11.5 Å². The van der Waals surface area contributed by atoms with Crippen LogP contribution in [0.25, 0.3) is 0 Å². The fourth-order valence-electron chi connectivity index (χ4n) is 9.05. The standard InChI is InChI=1S/C39H27Cl3F3N5O8/c1-58-29-13-17(12-27(41)32(29)51)31-23-10-11-24-30(36(54)48(34(24)52)21-6-8-22(9-7-21)50(56)57)25(23)15-26-35(53)49(37(55)38(26,31)18-2-4-20(40)5-3-18)47-33-28(42)14-19(16-46-33)39(43,44)45/h2-10,12-14,16,24-26,30-31,51H,11,15H2,1H3,(H,46,47). The molecule has 0 bridgehead atoms. The molecular weight excluding hydrogens is 830 g/mol. The minimum absolute atomic E-state index is 0.0283. The Morgan fingerprint density at radius 2 is 1.64 bits per heavy atom. The number of phenols is 1. The van der Waals surface area contributed by atoms with Crippen LogP contribution in [0.4, 0.5) is 30.4 Å². The lowest BCUT2D eigenvalue weighted by Crippen LogP contribution is -2.53. The van der Waals surface area contributed by atoms with Crippen LogP contribution in [0.2, 0.25) is 15.1 Å². The highest BCUT2D eigenvalue weighted by atomic mass is 35.5. The molecule has 6 atom stereocenters. The zero-order valence-corrected chi connectivity index (χ0v) is 31.9. The number of hydrogen-bond acceptors (Lipinski definition) is 10. The van der Waals surface area contributed by atoms with Gasteiger partial charge in [-0.2, -0.15) is 18.2 Å². The number of methoxy groups -OCH3 is 1. The molecule has 2 aliphatic heterocycles. The van der Waals surface area contributed by atoms with E-state index in [1.807, 2.05) is 0 Å². The van der Waals surface area contributed by atoms with E-state index >= 15 is 4.79 Å². The molecule has 6 unspecified atom stereocenters. The lowest BCUT2D eigenvalue weighted by atomic mass is 9.49. The predicted octanol–water partition coefficient (Wildman–Crippen LogP) is 7.87. The monoisotopic (exact) mass is 855 g/mol. The first-order chi connectivity index (χ1) is 27.5. The van der Waals surface area contributed by atoms with E-state index in [2.05, 4.69) is 10.4 Å². The van der Waals surface area contributed by atoms with Crippen LogP contribution in [0.15, 0.2) is 84.6 Å². The number of nitro groups is 1. The Bertz CT molecular complexity index is 2490. The number of fused-ring (bicyclic) bond motifs is 4. The second kappa shape index (κ2) is 14.0. The third-order valence-electron chi connectivity index (χ3n) is 11.5. The van der Waals surface area contributed by atoms with Crippen LogP contribution in [0.1, 0.15) is 35.4 Å². The molecule has 58 heavy (non-hydrogen) atoms. The molecule has 4 aliphatic rings. The Morgan fingerprint density at radius 3 is 2.26 bits per heavy atom. The number of hydrazine groups is 1. The van der Waals surface area contributed by atoms with Crippen molar-refractivity contribution in [3.63, 3.8) is 0 Å². The largest absolute Gasteiger partial charge is 0.503 e. The Kier molecular flexibility index (Phi) is 9.44. The molecule has 2 aliphatic carbocycles. The Hall–Kier alpha value is -5.71. The van der Waals surface area contributed by atoms with Gasteiger partial charge in [-0.3, -0.25) is 39.6 Å². The van der Waals surface area contributed by atoms with E-state index in [1.165, 1.54) is 55.6 Å². The Morgan fingerprint density at radius 1 is 0.948 bits per heavy atom. The predicted molar refractivity (Wildman–Crippen MR) is 202 cm³/mol. The number of halogens is 6. The fourth-order valence-corrected chi connectivity index (χ4v) is 9.61. The van der Waals surface area contributed by atoms with Gasteiger partial charge >= 0.3 is 6.18 Å². The number of phenolic OH excluding ortho intramolecular Hbond substituents is 1. The number of allylic oxidation sites excluding steroid dienone is 2. The third kappa shape index (κ3) is 5.87. The molecule has 19 heteroatoms. The second-order valence-electron chi connectivity index (χ2n) is 14.3. The van der Waals surface area contributed by atoms with Crippen molar-refractivity contribution in [2.24, 2.45) is 23.7 Å². The van der Waals surface area contributed by atoms with Crippen molar-refractivity contribution in [3.05, 3.63) is 126 Å². The summed E-state index contributed by atoms with van der Waals surface area (Å²) in [5.74, 6) is -9.10. The molecular formula is C39H27Cl3F3N5O8. The smallest absolute Gasteiger partial charge is 0.417 e. The highest BCUT2D eigenvalue weighted by molar-refractivity contribution is 6.33. The molecule has 0 radical (unpaired) electrons. The maximum Gasteiger partial charge on any atom is 0.417 e. The first kappa shape index (κ1) is 39.1. The summed E-state index contributed by atoms with van der Waals surface area (Å²) in [7, 11) is 1.29. The van der Waals surface area contributed by atoms with Gasteiger partial charge < -0.3 is 9.84 Å². The van der Waals surface area contributed by atoms with E-state index in [-0.39, 0.29) is 40.6 Å². The van der Waals surface area contributed by atoms with Crippen LogP contribution in [0.5, 0.6) is 11.5 Å². The summed E-state index contributed by atoms with van der Waals surface area (Å²) >= 11 is 19.1. The fraction of sp³-hybridized carbons (Fsp3) is 0.256. The SMILES string of the molecule is COc1cc(C2C3=CCC4C(=O)N(c5ccc([N+](=O)[O-])cc5)C(=O)C4C3CC3C(=O)N(Nc4ncc(C(F)(F)F)cc4Cl)C(=O)C32c2ccc(Cl)cc2)cc(Cl)c1O. The van der Waals surface area contributed by atoms with Gasteiger partial charge in [0.05, 0.1) is 56.5 Å². The molecule has 4 aromatic rings. The Labute approximate surface area is 341 Å². The van der Waals surface area contributed by atoms with Crippen molar-refractivity contribution < 1.29 is 47.1 Å². The normalized spacial score (nSPS) is 25.3. The quantitative estimate of drug-likeness (QED) is 0.0807. The number of alkyl halides is 3. The zero-order valence-electron chi connectivity index (χ0n) is 29.7. The van der Waals surface area contributed by atoms with E-state index in [0.29, 0.717) is 33.4 Å². The molecule has 2 N–H and O–H groups in total. The number of amides is 4. The molecule has 298 valence electrons. The number of nitrogens with zero attached hydrogens (tertiary/aromatic N) is 4. The van der Waals surface area contributed by atoms with Crippen molar-refractivity contribution in [2.75, 3.05) is 17.4 Å². The molecule has 4 amide bonds. The average molecular weight is 857 g/mol. The molecule has 1 saturated carbocycles. The van der Waals surface area contributed by atoms with Gasteiger partial charge in [0.1, 0.15) is 0 Å². The number of hydrogen-bond donors (Lipinski definition) is 2. The van der Waals surface area contributed by atoms with Gasteiger partial charge in [0.15, 0.2) is 17.3 Å². The first-order valence-electron chi connectivity index (χ1n) is 17.5. The van der Waals surface area contributed by atoms with Gasteiger partial charge in [-0.15, -0.1) is 0 Å². The van der Waals surface area contributed by atoms with Crippen LogP contribution < -0.4 is 15.1 Å². The minimum Gasteiger partial charge on any atom is -0.503 e. The number of ether oxygens (including phenoxy) is 1. The number of non-ortho nitro benzene ring substituents is 1. The lowest BCUT2D eigenvalue weighted by molar-refractivity contribution is -0.384. The molecule has 2 saturated heterocycles. The number of carbonyl (C=O) groups excluding carboxylic acids is 4. The molecule has 13 nitrogen and oxygen atoms in total. The van der Waals surface area contributed by atoms with Crippen molar-refractivity contribution in [1.29, 1.82) is 0 Å². The summed E-state index contributed by atoms with van der Waals surface area (Å²) in [4.78, 5) is 74.3. The summed E-state index contributed by atoms with van der Waals surface area (Å²) < 4.78 is 46.0. The summed E-state index contributed by atoms with van der Waals surface area (Å²) in [5.41, 5.74) is 0.446. The highest BCUT2D eigenvalue weighted by Crippen LogP contribution is 2.65. The topological polar surface area (TPSA) is 172 Å². The van der Waals surface area contributed by atoms with Crippen molar-refractivity contribution in [2.45, 2.75) is 30.4 Å². The lowest BCUT2D eigenvalue weighted by Gasteiger charge is -2.50. The minimum atomic E-state index is -4.79. The van der Waals surface area contributed by atoms with Gasteiger partial charge in [0.2, 0.25) is 11.8 Å². The highest BCUT2D eigenvalue weighted by Gasteiger charge is 2.70. The molecule has 0 spiro atoms. The maximum absolute atomic E-state index is 15.4. The summed E-state index contributed by atoms with van der Waals surface area (Å²) in [6, 6.07) is 14.5. The summed E-state index contributed by atoms with van der Waals surface area (Å²) in [6.45, 7) is 0. The molecule has 3 aromatic carbocycles. The number of pyridine rings is 1. The average Bonchev–Trinajstić information content (AvgIpc) is 3.57. The first-order valence-corrected chi connectivity index (χ1v) is 18.6. The van der Waals surface area contributed by atoms with Crippen LogP contribution in [-0.4, -0.2) is 50.8 Å². The number of rotatable bonds is 7. The Balaban J connectivity index is 1.32. The zero-order chi connectivity index (χ0) is 41.6. The number of carbonyl (C=O) groups is 4. The summed E-state index contributed by atoms with van der Waals surface area (Å²) in [6.07, 6.45) is -2.69. The van der Waals surface area contributed by atoms with Crippen LogP contribution in [0.3, 0.4) is 0 Å². The van der Waals surface area contributed by atoms with Gasteiger partial charge in [-0.05, 0) is 72.4 Å². The van der Waals surface area contributed by atoms with E-state index in [0.717, 1.165) is 4.90 Å². The molecule has 8 rings (SSSR count). The summed E-state index contributed by atoms with van der Waals surface area (Å²) in [5, 5.41) is 22.3. The number of imide groups is 2. The van der Waals surface area contributed by atoms with Gasteiger partial charge in [0, 0.05) is 29.3 Å². The van der Waals surface area contributed by atoms with Gasteiger partial charge in [0.25, 0.3) is 17.5 Å². The number of anilines is 2.